The van der Waals surface area contributed by atoms with Crippen LogP contribution in [0.2, 0.25) is 10.0 Å². The fourth-order valence-corrected chi connectivity index (χ4v) is 3.46. The van der Waals surface area contributed by atoms with Crippen molar-refractivity contribution in [2.75, 3.05) is 7.11 Å². The van der Waals surface area contributed by atoms with Crippen LogP contribution in [0.4, 0.5) is 0 Å². The third-order valence-electron chi connectivity index (χ3n) is 4.75. The molecular formula is C25H18Cl2O7. The summed E-state index contributed by atoms with van der Waals surface area (Å²) in [5, 5.41) is 0.984. The fraction of sp³-hybridized carbons (Fsp3) is 0.120. The van der Waals surface area contributed by atoms with Crippen molar-refractivity contribution >= 4 is 40.1 Å². The molecule has 4 rings (SSSR count). The Morgan fingerprint density at radius 1 is 0.912 bits per heavy atom. The number of hydrogen-bond acceptors (Lipinski definition) is 7. The Kier molecular flexibility index (Phi) is 6.95. The number of hydrogen-bond donors (Lipinski definition) is 0. The molecule has 1 unspecified atom stereocenters. The van der Waals surface area contributed by atoms with Crippen LogP contribution >= 0.6 is 23.2 Å². The van der Waals surface area contributed by atoms with Crippen molar-refractivity contribution in [3.63, 3.8) is 0 Å². The molecule has 0 aliphatic carbocycles. The number of rotatable bonds is 7. The first-order chi connectivity index (χ1) is 16.3. The van der Waals surface area contributed by atoms with E-state index < -0.39 is 12.1 Å². The van der Waals surface area contributed by atoms with Gasteiger partial charge in [0.05, 0.1) is 17.5 Å². The van der Waals surface area contributed by atoms with Crippen LogP contribution < -0.4 is 24.4 Å². The molecule has 0 aliphatic heterocycles. The summed E-state index contributed by atoms with van der Waals surface area (Å²) in [7, 11) is 1.56. The third kappa shape index (κ3) is 5.27. The third-order valence-corrected chi connectivity index (χ3v) is 5.28. The molecule has 1 atom stereocenters. The molecule has 0 saturated carbocycles. The Labute approximate surface area is 204 Å². The van der Waals surface area contributed by atoms with E-state index in [1.165, 1.54) is 37.5 Å². The molecule has 7 nitrogen and oxygen atoms in total. The number of carbonyl (C=O) groups excluding carboxylic acids is 1. The molecule has 0 spiro atoms. The number of carbonyl (C=O) groups is 1. The second-order valence-corrected chi connectivity index (χ2v) is 7.96. The summed E-state index contributed by atoms with van der Waals surface area (Å²) in [6.07, 6.45) is 0.246. The van der Waals surface area contributed by atoms with E-state index in [2.05, 4.69) is 0 Å². The van der Waals surface area contributed by atoms with Crippen molar-refractivity contribution in [3.05, 3.63) is 87.2 Å². The molecule has 4 aromatic rings. The standard InChI is InChI=1S/C25H18Cl2O7/c1-14(32-21-10-3-15(26)11-20(21)27)25(29)34-18-8-9-19-22(12-18)31-13-23(24(19)28)33-17-6-4-16(30-2)5-7-17/h3-14H,1-2H3. The SMILES string of the molecule is COc1ccc(Oc2coc3cc(OC(=O)C(C)Oc4ccc(Cl)cc4Cl)ccc3c2=O)cc1. The first kappa shape index (κ1) is 23.5. The molecule has 0 amide bonds. The molecule has 9 heteroatoms. The lowest BCUT2D eigenvalue weighted by Gasteiger charge is -2.15. The van der Waals surface area contributed by atoms with Crippen molar-refractivity contribution in [2.45, 2.75) is 13.0 Å². The number of esters is 1. The van der Waals surface area contributed by atoms with Gasteiger partial charge >= 0.3 is 5.97 Å². The molecule has 0 saturated heterocycles. The van der Waals surface area contributed by atoms with Crippen LogP contribution in [-0.2, 0) is 4.79 Å². The van der Waals surface area contributed by atoms with Gasteiger partial charge in [0.1, 0.15) is 34.8 Å². The largest absolute Gasteiger partial charge is 0.497 e. The van der Waals surface area contributed by atoms with Gasteiger partial charge in [-0.25, -0.2) is 4.79 Å². The topological polar surface area (TPSA) is 84.2 Å². The molecule has 1 aromatic heterocycles. The maximum absolute atomic E-state index is 12.8. The summed E-state index contributed by atoms with van der Waals surface area (Å²) in [4.78, 5) is 25.3. The minimum Gasteiger partial charge on any atom is -0.497 e. The number of ether oxygens (including phenoxy) is 4. The van der Waals surface area contributed by atoms with E-state index in [9.17, 15) is 9.59 Å². The lowest BCUT2D eigenvalue weighted by atomic mass is 10.2. The molecule has 0 N–H and O–H groups in total. The van der Waals surface area contributed by atoms with E-state index >= 15 is 0 Å². The van der Waals surface area contributed by atoms with Crippen LogP contribution in [0.1, 0.15) is 6.92 Å². The van der Waals surface area contributed by atoms with Gasteiger partial charge in [0.25, 0.3) is 0 Å². The molecule has 0 radical (unpaired) electrons. The predicted molar refractivity (Wildman–Crippen MR) is 128 cm³/mol. The summed E-state index contributed by atoms with van der Waals surface area (Å²) in [5.41, 5.74) is -0.143. The highest BCUT2D eigenvalue weighted by Gasteiger charge is 2.19. The van der Waals surface area contributed by atoms with Crippen molar-refractivity contribution in [3.8, 4) is 28.7 Å². The van der Waals surface area contributed by atoms with Crippen molar-refractivity contribution < 1.29 is 28.2 Å². The van der Waals surface area contributed by atoms with E-state index in [1.54, 1.807) is 43.5 Å². The molecule has 34 heavy (non-hydrogen) atoms. The van der Waals surface area contributed by atoms with Gasteiger partial charge in [0.2, 0.25) is 11.2 Å². The number of benzene rings is 3. The molecule has 0 fully saturated rings. The zero-order valence-corrected chi connectivity index (χ0v) is 19.6. The Morgan fingerprint density at radius 3 is 2.32 bits per heavy atom. The average molecular weight is 501 g/mol. The Morgan fingerprint density at radius 2 is 1.62 bits per heavy atom. The zero-order chi connectivity index (χ0) is 24.2. The fourth-order valence-electron chi connectivity index (χ4n) is 3.00. The van der Waals surface area contributed by atoms with Gasteiger partial charge in [0, 0.05) is 11.1 Å². The van der Waals surface area contributed by atoms with E-state index in [-0.39, 0.29) is 32.9 Å². The van der Waals surface area contributed by atoms with Gasteiger partial charge in [-0.1, -0.05) is 23.2 Å². The smallest absolute Gasteiger partial charge is 0.352 e. The highest BCUT2D eigenvalue weighted by molar-refractivity contribution is 6.35. The van der Waals surface area contributed by atoms with Crippen molar-refractivity contribution in [2.24, 2.45) is 0 Å². The van der Waals surface area contributed by atoms with E-state index in [1.807, 2.05) is 0 Å². The first-order valence-corrected chi connectivity index (χ1v) is 10.8. The first-order valence-electron chi connectivity index (χ1n) is 10.0. The summed E-state index contributed by atoms with van der Waals surface area (Å²) in [6, 6.07) is 15.8. The van der Waals surface area contributed by atoms with Crippen LogP contribution in [0, 0.1) is 0 Å². The monoisotopic (exact) mass is 500 g/mol. The molecular weight excluding hydrogens is 483 g/mol. The summed E-state index contributed by atoms with van der Waals surface area (Å²) >= 11 is 11.9. The van der Waals surface area contributed by atoms with Crippen LogP contribution in [0.3, 0.4) is 0 Å². The van der Waals surface area contributed by atoms with Gasteiger partial charge in [-0.15, -0.1) is 0 Å². The molecule has 174 valence electrons. The average Bonchev–Trinajstić information content (AvgIpc) is 2.83. The molecule has 1 heterocycles. The van der Waals surface area contributed by atoms with Gasteiger partial charge in [-0.2, -0.15) is 0 Å². The minimum absolute atomic E-state index is 0.0178. The van der Waals surface area contributed by atoms with Gasteiger partial charge in [-0.05, 0) is 61.5 Å². The van der Waals surface area contributed by atoms with E-state index in [0.29, 0.717) is 22.3 Å². The summed E-state index contributed by atoms with van der Waals surface area (Å²) in [5.74, 6) is 0.951. The van der Waals surface area contributed by atoms with Crippen LogP contribution in [0.15, 0.2) is 76.1 Å². The maximum atomic E-state index is 12.8. The zero-order valence-electron chi connectivity index (χ0n) is 18.0. The molecule has 0 aliphatic rings. The lowest BCUT2D eigenvalue weighted by Crippen LogP contribution is -2.28. The number of methoxy groups -OCH3 is 1. The summed E-state index contributed by atoms with van der Waals surface area (Å²) < 4.78 is 27.2. The Hall–Kier alpha value is -3.68. The van der Waals surface area contributed by atoms with Crippen molar-refractivity contribution in [1.82, 2.24) is 0 Å². The van der Waals surface area contributed by atoms with E-state index in [0.717, 1.165) is 0 Å². The van der Waals surface area contributed by atoms with Gasteiger partial charge in [-0.3, -0.25) is 4.79 Å². The van der Waals surface area contributed by atoms with Crippen LogP contribution in [0.5, 0.6) is 28.7 Å². The second kappa shape index (κ2) is 10.1. The lowest BCUT2D eigenvalue weighted by molar-refractivity contribution is -0.141. The highest BCUT2D eigenvalue weighted by Crippen LogP contribution is 2.29. The summed E-state index contributed by atoms with van der Waals surface area (Å²) in [6.45, 7) is 1.53. The Bertz CT molecular complexity index is 1400. The predicted octanol–water partition coefficient (Wildman–Crippen LogP) is 6.27. The Balaban J connectivity index is 1.48. The van der Waals surface area contributed by atoms with Gasteiger partial charge in [0.15, 0.2) is 6.10 Å². The van der Waals surface area contributed by atoms with Crippen molar-refractivity contribution in [1.29, 1.82) is 0 Å². The molecule has 3 aromatic carbocycles. The second-order valence-electron chi connectivity index (χ2n) is 7.12. The van der Waals surface area contributed by atoms with E-state index in [4.69, 9.17) is 46.6 Å². The maximum Gasteiger partial charge on any atom is 0.352 e. The number of halogens is 2. The van der Waals surface area contributed by atoms with Gasteiger partial charge < -0.3 is 23.4 Å². The highest BCUT2D eigenvalue weighted by atomic mass is 35.5. The number of fused-ring (bicyclic) bond motifs is 1. The van der Waals surface area contributed by atoms with Crippen LogP contribution in [0.25, 0.3) is 11.0 Å². The molecule has 0 bridgehead atoms. The quantitative estimate of drug-likeness (QED) is 0.218. The van der Waals surface area contributed by atoms with Crippen LogP contribution in [-0.4, -0.2) is 19.2 Å². The minimum atomic E-state index is -0.957. The normalized spacial score (nSPS) is 11.6.